The first-order valence-corrected chi connectivity index (χ1v) is 4.73. The summed E-state index contributed by atoms with van der Waals surface area (Å²) < 4.78 is 6.48. The molecule has 1 heterocycles. The fraction of sp³-hybridized carbons (Fsp3) is 0.800. The Labute approximate surface area is 83.9 Å². The molecule has 0 aliphatic rings. The maximum atomic E-state index is 11.5. The predicted molar refractivity (Wildman–Crippen MR) is 54.5 cm³/mol. The standard InChI is InChI=1S/C10H18N2O2/c1-9(2,3)7-11-12(8(13)14-7)10(4,5)6/h1-6H3. The molecule has 0 saturated heterocycles. The Kier molecular flexibility index (Phi) is 2.34. The number of rotatable bonds is 0. The van der Waals surface area contributed by atoms with Gasteiger partial charge in [0.05, 0.1) is 5.54 Å². The second-order valence-electron chi connectivity index (χ2n) is 5.51. The van der Waals surface area contributed by atoms with Gasteiger partial charge < -0.3 is 4.42 Å². The van der Waals surface area contributed by atoms with Crippen LogP contribution in [0.3, 0.4) is 0 Å². The largest absolute Gasteiger partial charge is 0.437 e. The van der Waals surface area contributed by atoms with Crippen LogP contribution >= 0.6 is 0 Å². The van der Waals surface area contributed by atoms with Crippen LogP contribution in [-0.4, -0.2) is 9.78 Å². The molecule has 0 aliphatic heterocycles. The van der Waals surface area contributed by atoms with Crippen LogP contribution in [-0.2, 0) is 11.0 Å². The Morgan fingerprint density at radius 3 is 1.86 bits per heavy atom. The quantitative estimate of drug-likeness (QED) is 0.639. The van der Waals surface area contributed by atoms with Gasteiger partial charge in [0.25, 0.3) is 0 Å². The molecule has 0 spiro atoms. The van der Waals surface area contributed by atoms with Gasteiger partial charge in [-0.05, 0) is 20.8 Å². The molecule has 14 heavy (non-hydrogen) atoms. The monoisotopic (exact) mass is 198 g/mol. The molecule has 4 nitrogen and oxygen atoms in total. The minimum Gasteiger partial charge on any atom is -0.392 e. The van der Waals surface area contributed by atoms with Gasteiger partial charge in [-0.3, -0.25) is 0 Å². The van der Waals surface area contributed by atoms with Crippen molar-refractivity contribution in [3.8, 4) is 0 Å². The SMILES string of the molecule is CC(C)(C)c1nn(C(C)(C)C)c(=O)o1. The van der Waals surface area contributed by atoms with Gasteiger partial charge in [0.1, 0.15) is 0 Å². The average molecular weight is 198 g/mol. The Hall–Kier alpha value is -1.06. The minimum absolute atomic E-state index is 0.227. The van der Waals surface area contributed by atoms with E-state index in [2.05, 4.69) is 5.10 Å². The van der Waals surface area contributed by atoms with Crippen molar-refractivity contribution in [2.45, 2.75) is 52.5 Å². The second kappa shape index (κ2) is 2.97. The highest BCUT2D eigenvalue weighted by molar-refractivity contribution is 4.95. The third kappa shape index (κ3) is 2.05. The van der Waals surface area contributed by atoms with Crippen LogP contribution in [0.25, 0.3) is 0 Å². The first kappa shape index (κ1) is 11.0. The highest BCUT2D eigenvalue weighted by Crippen LogP contribution is 2.20. The molecule has 0 N–H and O–H groups in total. The molecule has 1 aromatic rings. The molecule has 0 atom stereocenters. The van der Waals surface area contributed by atoms with Gasteiger partial charge in [0.15, 0.2) is 0 Å². The molecular weight excluding hydrogens is 180 g/mol. The highest BCUT2D eigenvalue weighted by Gasteiger charge is 2.26. The summed E-state index contributed by atoms with van der Waals surface area (Å²) in [6.07, 6.45) is 0. The molecule has 80 valence electrons. The van der Waals surface area contributed by atoms with Crippen LogP contribution in [0.4, 0.5) is 0 Å². The van der Waals surface area contributed by atoms with E-state index in [9.17, 15) is 4.79 Å². The summed E-state index contributed by atoms with van der Waals surface area (Å²) in [5.41, 5.74) is -0.556. The van der Waals surface area contributed by atoms with Crippen LogP contribution < -0.4 is 5.76 Å². The van der Waals surface area contributed by atoms with Crippen LogP contribution in [0.2, 0.25) is 0 Å². The van der Waals surface area contributed by atoms with Crippen molar-refractivity contribution >= 4 is 0 Å². The van der Waals surface area contributed by atoms with Crippen molar-refractivity contribution in [1.29, 1.82) is 0 Å². The number of hydrogen-bond acceptors (Lipinski definition) is 3. The summed E-state index contributed by atoms with van der Waals surface area (Å²) >= 11 is 0. The van der Waals surface area contributed by atoms with E-state index in [0.717, 1.165) is 0 Å². The zero-order valence-corrected chi connectivity index (χ0v) is 9.71. The molecular formula is C10H18N2O2. The molecule has 4 heteroatoms. The maximum Gasteiger partial charge on any atom is 0.437 e. The maximum absolute atomic E-state index is 11.5. The van der Waals surface area contributed by atoms with Gasteiger partial charge in [0, 0.05) is 5.41 Å². The zero-order chi connectivity index (χ0) is 11.1. The first-order valence-electron chi connectivity index (χ1n) is 4.73. The first-order chi connectivity index (χ1) is 6.12. The third-order valence-electron chi connectivity index (χ3n) is 1.82. The molecule has 0 saturated carbocycles. The van der Waals surface area contributed by atoms with Crippen molar-refractivity contribution in [1.82, 2.24) is 9.78 Å². The van der Waals surface area contributed by atoms with E-state index in [1.54, 1.807) is 0 Å². The topological polar surface area (TPSA) is 48.0 Å². The molecule has 0 unspecified atom stereocenters. The predicted octanol–water partition coefficient (Wildman–Crippen LogP) is 1.89. The normalized spacial score (nSPS) is 13.3. The van der Waals surface area contributed by atoms with Crippen molar-refractivity contribution in [3.05, 3.63) is 16.4 Å². The number of aromatic nitrogens is 2. The summed E-state index contributed by atoms with van der Waals surface area (Å²) in [4.78, 5) is 11.5. The summed E-state index contributed by atoms with van der Waals surface area (Å²) in [6, 6.07) is 0. The van der Waals surface area contributed by atoms with Crippen molar-refractivity contribution in [3.63, 3.8) is 0 Å². The fourth-order valence-corrected chi connectivity index (χ4v) is 1.00. The van der Waals surface area contributed by atoms with E-state index in [4.69, 9.17) is 4.42 Å². The zero-order valence-electron chi connectivity index (χ0n) is 9.71. The molecule has 0 radical (unpaired) electrons. The highest BCUT2D eigenvalue weighted by atomic mass is 16.4. The lowest BCUT2D eigenvalue weighted by Crippen LogP contribution is -2.32. The number of nitrogens with zero attached hydrogens (tertiary/aromatic N) is 2. The summed E-state index contributed by atoms with van der Waals surface area (Å²) in [5.74, 6) is 0.0971. The second-order valence-corrected chi connectivity index (χ2v) is 5.51. The lowest BCUT2D eigenvalue weighted by atomic mass is 9.97. The van der Waals surface area contributed by atoms with Crippen LogP contribution in [0.15, 0.2) is 9.21 Å². The van der Waals surface area contributed by atoms with Crippen LogP contribution in [0.1, 0.15) is 47.4 Å². The van der Waals surface area contributed by atoms with E-state index in [1.165, 1.54) is 4.68 Å². The van der Waals surface area contributed by atoms with Gasteiger partial charge >= 0.3 is 5.76 Å². The lowest BCUT2D eigenvalue weighted by molar-refractivity contribution is 0.323. The van der Waals surface area contributed by atoms with Gasteiger partial charge in [-0.2, -0.15) is 4.68 Å². The van der Waals surface area contributed by atoms with E-state index < -0.39 is 0 Å². The van der Waals surface area contributed by atoms with Gasteiger partial charge in [-0.25, -0.2) is 4.79 Å². The average Bonchev–Trinajstić information content (AvgIpc) is 2.27. The fourth-order valence-electron chi connectivity index (χ4n) is 1.00. The van der Waals surface area contributed by atoms with Crippen molar-refractivity contribution in [2.75, 3.05) is 0 Å². The Morgan fingerprint density at radius 2 is 1.64 bits per heavy atom. The van der Waals surface area contributed by atoms with Crippen molar-refractivity contribution in [2.24, 2.45) is 0 Å². The van der Waals surface area contributed by atoms with E-state index in [-0.39, 0.29) is 16.7 Å². The molecule has 1 aromatic heterocycles. The van der Waals surface area contributed by atoms with Gasteiger partial charge in [-0.15, -0.1) is 5.10 Å². The summed E-state index contributed by atoms with van der Waals surface area (Å²) in [6.45, 7) is 11.7. The Bertz CT molecular complexity index is 374. The lowest BCUT2D eigenvalue weighted by Gasteiger charge is -2.16. The van der Waals surface area contributed by atoms with E-state index >= 15 is 0 Å². The number of hydrogen-bond donors (Lipinski definition) is 0. The Balaban J connectivity index is 3.26. The molecule has 0 aliphatic carbocycles. The molecule has 0 aromatic carbocycles. The minimum atomic E-state index is -0.387. The van der Waals surface area contributed by atoms with E-state index in [0.29, 0.717) is 5.89 Å². The molecule has 0 amide bonds. The molecule has 0 fully saturated rings. The molecule has 0 bridgehead atoms. The van der Waals surface area contributed by atoms with Crippen molar-refractivity contribution < 1.29 is 4.42 Å². The molecule has 1 rings (SSSR count). The smallest absolute Gasteiger partial charge is 0.392 e. The summed E-state index contributed by atoms with van der Waals surface area (Å²) in [7, 11) is 0. The van der Waals surface area contributed by atoms with Gasteiger partial charge in [0.2, 0.25) is 5.89 Å². The van der Waals surface area contributed by atoms with Gasteiger partial charge in [-0.1, -0.05) is 20.8 Å². The van der Waals surface area contributed by atoms with Crippen LogP contribution in [0, 0.1) is 0 Å². The van der Waals surface area contributed by atoms with Crippen LogP contribution in [0.5, 0.6) is 0 Å². The van der Waals surface area contributed by atoms with E-state index in [1.807, 2.05) is 41.5 Å². The third-order valence-corrected chi connectivity index (χ3v) is 1.82. The summed E-state index contributed by atoms with van der Waals surface area (Å²) in [5, 5.41) is 4.19. The Morgan fingerprint density at radius 1 is 1.14 bits per heavy atom.